The number of nitrogens with zero attached hydrogens (tertiary/aromatic N) is 1. The molecule has 1 saturated heterocycles. The van der Waals surface area contributed by atoms with Gasteiger partial charge in [0, 0.05) is 18.2 Å². The minimum Gasteiger partial charge on any atom is -0.461 e. The van der Waals surface area contributed by atoms with Gasteiger partial charge in [-0.05, 0) is 44.7 Å². The summed E-state index contributed by atoms with van der Waals surface area (Å²) in [6.07, 6.45) is -3.11. The second kappa shape index (κ2) is 12.1. The lowest BCUT2D eigenvalue weighted by atomic mass is 9.96. The summed E-state index contributed by atoms with van der Waals surface area (Å²) >= 11 is 5.32. The molecule has 0 aliphatic carbocycles. The number of hydrogen-bond donors (Lipinski definition) is 5. The Morgan fingerprint density at radius 1 is 1.24 bits per heavy atom. The molecule has 1 aromatic heterocycles. The first-order valence-corrected chi connectivity index (χ1v) is 14.6. The zero-order valence-electron chi connectivity index (χ0n) is 21.7. The fourth-order valence-electron chi connectivity index (χ4n) is 3.71. The lowest BCUT2D eigenvalue weighted by Crippen LogP contribution is -2.46. The minimum absolute atomic E-state index is 0.116. The van der Waals surface area contributed by atoms with Gasteiger partial charge >= 0.3 is 11.6 Å². The molecule has 12 nitrogen and oxygen atoms in total. The van der Waals surface area contributed by atoms with Gasteiger partial charge in [-0.2, -0.15) is 0 Å². The van der Waals surface area contributed by atoms with Gasteiger partial charge in [-0.25, -0.2) is 4.79 Å². The number of aromatic amines is 1. The van der Waals surface area contributed by atoms with E-state index in [0.717, 1.165) is 16.8 Å². The average Bonchev–Trinajstić information content (AvgIpc) is 3.04. The molecule has 5 atom stereocenters. The summed E-state index contributed by atoms with van der Waals surface area (Å²) in [5.41, 5.74) is -3.01. The number of aromatic nitrogens is 2. The van der Waals surface area contributed by atoms with Crippen LogP contribution in [0.2, 0.25) is 0 Å². The summed E-state index contributed by atoms with van der Waals surface area (Å²) < 4.78 is 24.1. The number of H-pyrrole nitrogens is 1. The van der Waals surface area contributed by atoms with Gasteiger partial charge < -0.3 is 38.9 Å². The van der Waals surface area contributed by atoms with Crippen molar-refractivity contribution >= 4 is 18.4 Å². The van der Waals surface area contributed by atoms with Crippen LogP contribution in [0.1, 0.15) is 40.8 Å². The van der Waals surface area contributed by atoms with Crippen molar-refractivity contribution in [3.05, 3.63) is 75.1 Å². The summed E-state index contributed by atoms with van der Waals surface area (Å²) in [5.74, 6) is 0.408. The number of aliphatic hydroxyl groups excluding tert-OH is 1. The Balaban J connectivity index is 1.79. The summed E-state index contributed by atoms with van der Waals surface area (Å²) in [6, 6.07) is 10.0. The number of benzene rings is 1. The first-order chi connectivity index (χ1) is 17.7. The molecule has 3 rings (SSSR count). The van der Waals surface area contributed by atoms with Crippen LogP contribution in [0.15, 0.2) is 63.8 Å². The molecule has 14 heteroatoms. The quantitative estimate of drug-likeness (QED) is 0.197. The highest BCUT2D eigenvalue weighted by Crippen LogP contribution is 2.44. The Kier molecular flexibility index (Phi) is 9.58. The topological polar surface area (TPSA) is 164 Å². The molecule has 0 saturated carbocycles. The van der Waals surface area contributed by atoms with Gasteiger partial charge in [-0.15, -0.1) is 0 Å². The SMILES string of the molecule is CC(C)OC(Oc1ccccc1)=C(NP(O)(=S)OC[C@H]1O[C@@H](n2ccc(=O)[nH]c2=O)[C@](C)(O)[C@@H]1O)C(C)C. The summed E-state index contributed by atoms with van der Waals surface area (Å²) in [4.78, 5) is 36.7. The van der Waals surface area contributed by atoms with E-state index < -0.39 is 48.5 Å². The van der Waals surface area contributed by atoms with Gasteiger partial charge in [0.2, 0.25) is 0 Å². The summed E-state index contributed by atoms with van der Waals surface area (Å²) in [5, 5.41) is 24.4. The van der Waals surface area contributed by atoms with Crippen molar-refractivity contribution < 1.29 is 33.8 Å². The molecule has 1 unspecified atom stereocenters. The normalized spacial score (nSPS) is 25.7. The number of ether oxygens (including phenoxy) is 3. The van der Waals surface area contributed by atoms with E-state index in [4.69, 9.17) is 30.5 Å². The molecule has 38 heavy (non-hydrogen) atoms. The van der Waals surface area contributed by atoms with E-state index in [2.05, 4.69) is 10.1 Å². The molecule has 210 valence electrons. The first kappa shape index (κ1) is 30.0. The van der Waals surface area contributed by atoms with Crippen molar-refractivity contribution in [2.24, 2.45) is 5.92 Å². The monoisotopic (exact) mass is 571 g/mol. The van der Waals surface area contributed by atoms with E-state index in [-0.39, 0.29) is 18.0 Å². The smallest absolute Gasteiger partial charge is 0.330 e. The summed E-state index contributed by atoms with van der Waals surface area (Å²) in [7, 11) is 0. The van der Waals surface area contributed by atoms with Crippen molar-refractivity contribution in [3.8, 4) is 5.75 Å². The number of hydrogen-bond acceptors (Lipinski definition) is 9. The second-order valence-corrected chi connectivity index (χ2v) is 12.6. The highest BCUT2D eigenvalue weighted by molar-refractivity contribution is 8.08. The van der Waals surface area contributed by atoms with Crippen LogP contribution >= 0.6 is 6.64 Å². The number of aliphatic hydroxyl groups is 2. The first-order valence-electron chi connectivity index (χ1n) is 12.0. The third kappa shape index (κ3) is 7.32. The van der Waals surface area contributed by atoms with E-state index in [9.17, 15) is 24.7 Å². The highest BCUT2D eigenvalue weighted by atomic mass is 32.5. The Labute approximate surface area is 225 Å². The molecule has 1 fully saturated rings. The largest absolute Gasteiger partial charge is 0.461 e. The molecule has 0 spiro atoms. The van der Waals surface area contributed by atoms with Crippen LogP contribution in [0.3, 0.4) is 0 Å². The summed E-state index contributed by atoms with van der Waals surface area (Å²) in [6.45, 7) is 4.46. The lowest BCUT2D eigenvalue weighted by Gasteiger charge is -2.27. The Morgan fingerprint density at radius 3 is 2.47 bits per heavy atom. The van der Waals surface area contributed by atoms with Crippen molar-refractivity contribution in [1.29, 1.82) is 0 Å². The zero-order chi connectivity index (χ0) is 28.3. The van der Waals surface area contributed by atoms with Crippen LogP contribution in [0.25, 0.3) is 0 Å². The second-order valence-electron chi connectivity index (χ2n) is 9.58. The maximum atomic E-state index is 12.2. The van der Waals surface area contributed by atoms with Crippen molar-refractivity contribution in [2.45, 2.75) is 64.8 Å². The van der Waals surface area contributed by atoms with Crippen molar-refractivity contribution in [1.82, 2.24) is 14.6 Å². The zero-order valence-corrected chi connectivity index (χ0v) is 23.4. The third-order valence-electron chi connectivity index (χ3n) is 5.63. The average molecular weight is 572 g/mol. The Morgan fingerprint density at radius 2 is 1.89 bits per heavy atom. The fourth-order valence-corrected chi connectivity index (χ4v) is 5.26. The number of allylic oxidation sites excluding steroid dienone is 1. The molecule has 1 aliphatic heterocycles. The van der Waals surface area contributed by atoms with Gasteiger partial charge in [0.05, 0.1) is 12.7 Å². The van der Waals surface area contributed by atoms with Gasteiger partial charge in [0.1, 0.15) is 29.3 Å². The third-order valence-corrected chi connectivity index (χ3v) is 7.24. The number of rotatable bonds is 11. The molecule has 5 N–H and O–H groups in total. The number of para-hydroxylation sites is 1. The highest BCUT2D eigenvalue weighted by Gasteiger charge is 2.53. The molecular formula is C24H34N3O9PS. The Bertz CT molecular complexity index is 1290. The van der Waals surface area contributed by atoms with E-state index in [1.54, 1.807) is 24.3 Å². The minimum atomic E-state index is -3.76. The van der Waals surface area contributed by atoms with E-state index in [1.807, 2.05) is 33.8 Å². The van der Waals surface area contributed by atoms with Gasteiger partial charge in [0.15, 0.2) is 6.23 Å². The van der Waals surface area contributed by atoms with Crippen molar-refractivity contribution in [3.63, 3.8) is 0 Å². The van der Waals surface area contributed by atoms with Gasteiger partial charge in [0.25, 0.3) is 12.2 Å². The van der Waals surface area contributed by atoms with Crippen molar-refractivity contribution in [2.75, 3.05) is 6.61 Å². The van der Waals surface area contributed by atoms with Crippen LogP contribution in [-0.4, -0.2) is 55.2 Å². The molecule has 1 aromatic carbocycles. The molecule has 0 amide bonds. The van der Waals surface area contributed by atoms with Crippen LogP contribution in [0, 0.1) is 5.92 Å². The van der Waals surface area contributed by atoms with E-state index in [0.29, 0.717) is 11.4 Å². The predicted octanol–water partition coefficient (Wildman–Crippen LogP) is 1.70. The Hall–Kier alpha value is -2.51. The maximum absolute atomic E-state index is 12.2. The maximum Gasteiger partial charge on any atom is 0.330 e. The van der Waals surface area contributed by atoms with E-state index in [1.165, 1.54) is 6.92 Å². The van der Waals surface area contributed by atoms with Gasteiger partial charge in [-0.3, -0.25) is 14.3 Å². The molecular weight excluding hydrogens is 537 g/mol. The molecule has 2 aromatic rings. The van der Waals surface area contributed by atoms with E-state index >= 15 is 0 Å². The number of nitrogens with one attached hydrogen (secondary N) is 2. The molecule has 2 heterocycles. The van der Waals surface area contributed by atoms with Crippen LogP contribution in [0.5, 0.6) is 5.75 Å². The molecule has 0 bridgehead atoms. The van der Waals surface area contributed by atoms with Crippen LogP contribution in [0.4, 0.5) is 0 Å². The molecule has 0 radical (unpaired) electrons. The fraction of sp³-hybridized carbons (Fsp3) is 0.500. The molecule has 1 aliphatic rings. The predicted molar refractivity (Wildman–Crippen MR) is 143 cm³/mol. The van der Waals surface area contributed by atoms with Crippen LogP contribution < -0.4 is 21.1 Å². The van der Waals surface area contributed by atoms with Crippen LogP contribution in [-0.2, 0) is 25.8 Å². The lowest BCUT2D eigenvalue weighted by molar-refractivity contribution is -0.0984. The standard InChI is InChI=1S/C24H34N3O9PS/c1-14(2)19(21(34-15(3)4)35-16-9-7-6-8-10-16)26-37(32,38)33-13-17-20(29)24(5,31)22(36-17)27-12-11-18(28)25-23(27)30/h6-12,14-15,17,20,22,29,31H,13H2,1-5H3,(H,25,28,30)(H2,26,32,38)/t17-,20-,22-,24-,37?/m1/s1. The van der Waals surface area contributed by atoms with Gasteiger partial charge in [-0.1, -0.05) is 32.0 Å².